The molecule has 0 saturated heterocycles. The Kier molecular flexibility index (Phi) is 9.97. The van der Waals surface area contributed by atoms with Gasteiger partial charge in [-0.05, 0) is 85.4 Å². The van der Waals surface area contributed by atoms with Crippen LogP contribution in [-0.2, 0) is 14.3 Å². The highest BCUT2D eigenvalue weighted by molar-refractivity contribution is 5.92. The predicted octanol–water partition coefficient (Wildman–Crippen LogP) is 4.52. The Morgan fingerprint density at radius 1 is 1.03 bits per heavy atom. The number of hydrogen-bond donors (Lipinski definition) is 3. The van der Waals surface area contributed by atoms with Crippen molar-refractivity contribution in [2.45, 2.75) is 105 Å². The van der Waals surface area contributed by atoms with Gasteiger partial charge in [-0.2, -0.15) is 0 Å². The summed E-state index contributed by atoms with van der Waals surface area (Å²) in [4.78, 5) is 41.4. The van der Waals surface area contributed by atoms with Crippen molar-refractivity contribution in [2.24, 2.45) is 5.92 Å². The quantitative estimate of drug-likeness (QED) is 0.510. The van der Waals surface area contributed by atoms with Crippen molar-refractivity contribution in [3.8, 4) is 5.75 Å². The van der Waals surface area contributed by atoms with Gasteiger partial charge in [0.05, 0.1) is 0 Å². The molecule has 8 heteroatoms. The molecule has 0 saturated carbocycles. The predicted molar refractivity (Wildman–Crippen MR) is 133 cm³/mol. The third kappa shape index (κ3) is 9.61. The molecule has 3 N–H and O–H groups in total. The Morgan fingerprint density at radius 3 is 2.06 bits per heavy atom. The molecule has 1 rings (SSSR count). The van der Waals surface area contributed by atoms with E-state index in [1.807, 2.05) is 48.5 Å². The first-order valence-corrected chi connectivity index (χ1v) is 11.8. The highest BCUT2D eigenvalue weighted by Gasteiger charge is 2.39. The summed E-state index contributed by atoms with van der Waals surface area (Å²) in [6, 6.07) is 4.06. The Hall–Kier alpha value is -2.77. The number of phenolic OH excluding ortho intramolecular Hbond substituents is 1. The molecule has 0 aliphatic heterocycles. The number of phenols is 1. The van der Waals surface area contributed by atoms with Gasteiger partial charge in [0.25, 0.3) is 0 Å². The van der Waals surface area contributed by atoms with E-state index in [1.165, 1.54) is 17.0 Å². The summed E-state index contributed by atoms with van der Waals surface area (Å²) in [7, 11) is 0. The van der Waals surface area contributed by atoms with Crippen LogP contribution in [0.4, 0.5) is 4.79 Å². The van der Waals surface area contributed by atoms with E-state index in [9.17, 15) is 19.5 Å². The Balaban J connectivity index is 3.49. The van der Waals surface area contributed by atoms with Crippen molar-refractivity contribution >= 4 is 17.9 Å². The van der Waals surface area contributed by atoms with Gasteiger partial charge in [-0.3, -0.25) is 9.59 Å². The second kappa shape index (κ2) is 11.6. The molecule has 3 amide bonds. The van der Waals surface area contributed by atoms with Crippen LogP contribution in [-0.4, -0.2) is 51.1 Å². The molecular formula is C26H43N3O5. The van der Waals surface area contributed by atoms with Crippen molar-refractivity contribution in [1.29, 1.82) is 0 Å². The molecule has 0 fully saturated rings. The number of amides is 3. The summed E-state index contributed by atoms with van der Waals surface area (Å²) in [5.41, 5.74) is -0.780. The number of nitrogens with one attached hydrogen (secondary N) is 2. The lowest BCUT2D eigenvalue weighted by molar-refractivity contribution is -0.145. The fourth-order valence-corrected chi connectivity index (χ4v) is 3.57. The molecule has 2 unspecified atom stereocenters. The summed E-state index contributed by atoms with van der Waals surface area (Å²) in [5, 5.41) is 15.7. The van der Waals surface area contributed by atoms with Crippen LogP contribution >= 0.6 is 0 Å². The lowest BCUT2D eigenvalue weighted by Crippen LogP contribution is -2.56. The second-order valence-corrected chi connectivity index (χ2v) is 11.4. The third-order valence-electron chi connectivity index (χ3n) is 4.72. The van der Waals surface area contributed by atoms with Gasteiger partial charge >= 0.3 is 6.09 Å². The minimum absolute atomic E-state index is 0.00664. The zero-order valence-electron chi connectivity index (χ0n) is 22.4. The number of ether oxygens (including phenoxy) is 1. The van der Waals surface area contributed by atoms with Gasteiger partial charge in [0.1, 0.15) is 23.4 Å². The average Bonchev–Trinajstić information content (AvgIpc) is 2.61. The van der Waals surface area contributed by atoms with Crippen molar-refractivity contribution in [3.05, 3.63) is 29.8 Å². The lowest BCUT2D eigenvalue weighted by Gasteiger charge is -2.38. The van der Waals surface area contributed by atoms with E-state index in [1.54, 1.807) is 32.9 Å². The molecule has 0 radical (unpaired) electrons. The molecule has 1 aromatic carbocycles. The molecule has 0 heterocycles. The van der Waals surface area contributed by atoms with Gasteiger partial charge in [-0.15, -0.1) is 0 Å². The third-order valence-corrected chi connectivity index (χ3v) is 4.72. The number of benzene rings is 1. The van der Waals surface area contributed by atoms with E-state index >= 15 is 0 Å². The first kappa shape index (κ1) is 29.3. The van der Waals surface area contributed by atoms with E-state index < -0.39 is 35.2 Å². The van der Waals surface area contributed by atoms with E-state index in [0.717, 1.165) is 0 Å². The molecule has 0 aromatic heterocycles. The van der Waals surface area contributed by atoms with E-state index in [0.29, 0.717) is 12.0 Å². The van der Waals surface area contributed by atoms with Gasteiger partial charge < -0.3 is 25.4 Å². The summed E-state index contributed by atoms with van der Waals surface area (Å²) in [6.45, 7) is 18.4. The molecule has 1 aromatic rings. The molecule has 0 bridgehead atoms. The molecule has 2 atom stereocenters. The number of carbonyl (C=O) groups excluding carboxylic acids is 3. The minimum atomic E-state index is -1.01. The fraction of sp³-hybridized carbons (Fsp3) is 0.654. The maximum atomic E-state index is 13.9. The van der Waals surface area contributed by atoms with Gasteiger partial charge in [-0.1, -0.05) is 26.0 Å². The standard InChI is InChI=1S/C26H43N3O5/c1-16(2)14-20(27-24(33)34-26(8,9)10)23(32)29(17(3)4)21(22(31)28-25(5,6)7)18-12-11-13-19(30)15-18/h11-13,15-17,20-21,30H,14H2,1-10H3,(H,27,33)(H,28,31). The van der Waals surface area contributed by atoms with Crippen LogP contribution in [0.2, 0.25) is 0 Å². The number of rotatable bonds is 8. The van der Waals surface area contributed by atoms with Gasteiger partial charge in [0, 0.05) is 11.6 Å². The zero-order chi connectivity index (χ0) is 26.4. The van der Waals surface area contributed by atoms with E-state index in [2.05, 4.69) is 10.6 Å². The maximum absolute atomic E-state index is 13.9. The normalized spacial score (nSPS) is 13.9. The summed E-state index contributed by atoms with van der Waals surface area (Å²) in [5.74, 6) is -0.680. The molecule has 0 aliphatic carbocycles. The molecule has 0 aliphatic rings. The number of nitrogens with zero attached hydrogens (tertiary/aromatic N) is 1. The second-order valence-electron chi connectivity index (χ2n) is 11.4. The van der Waals surface area contributed by atoms with Crippen LogP contribution in [0.1, 0.15) is 87.3 Å². The largest absolute Gasteiger partial charge is 0.508 e. The van der Waals surface area contributed by atoms with Crippen LogP contribution in [0.15, 0.2) is 24.3 Å². The number of alkyl carbamates (subject to hydrolysis) is 1. The highest BCUT2D eigenvalue weighted by Crippen LogP contribution is 2.28. The highest BCUT2D eigenvalue weighted by atomic mass is 16.6. The molecule has 0 spiro atoms. The van der Waals surface area contributed by atoms with Crippen LogP contribution in [0.5, 0.6) is 5.75 Å². The van der Waals surface area contributed by atoms with Crippen LogP contribution < -0.4 is 10.6 Å². The average molecular weight is 478 g/mol. The van der Waals surface area contributed by atoms with Gasteiger partial charge in [0.15, 0.2) is 0 Å². The first-order chi connectivity index (χ1) is 15.4. The fourth-order valence-electron chi connectivity index (χ4n) is 3.57. The van der Waals surface area contributed by atoms with Gasteiger partial charge in [0.2, 0.25) is 11.8 Å². The van der Waals surface area contributed by atoms with E-state index in [-0.39, 0.29) is 23.6 Å². The summed E-state index contributed by atoms with van der Waals surface area (Å²) >= 11 is 0. The molecule has 192 valence electrons. The SMILES string of the molecule is CC(C)CC(NC(=O)OC(C)(C)C)C(=O)N(C(C)C)C(C(=O)NC(C)(C)C)c1cccc(O)c1. The number of hydrogen-bond acceptors (Lipinski definition) is 5. The Bertz CT molecular complexity index is 853. The van der Waals surface area contributed by atoms with E-state index in [4.69, 9.17) is 4.74 Å². The first-order valence-electron chi connectivity index (χ1n) is 11.8. The number of aromatic hydroxyl groups is 1. The summed E-state index contributed by atoms with van der Waals surface area (Å²) < 4.78 is 5.38. The van der Waals surface area contributed by atoms with Crippen LogP contribution in [0.25, 0.3) is 0 Å². The van der Waals surface area contributed by atoms with Crippen molar-refractivity contribution in [3.63, 3.8) is 0 Å². The van der Waals surface area contributed by atoms with Gasteiger partial charge in [-0.25, -0.2) is 4.79 Å². The Morgan fingerprint density at radius 2 is 1.62 bits per heavy atom. The maximum Gasteiger partial charge on any atom is 0.408 e. The Labute approximate surface area is 204 Å². The smallest absolute Gasteiger partial charge is 0.408 e. The van der Waals surface area contributed by atoms with Crippen LogP contribution in [0, 0.1) is 5.92 Å². The molecular weight excluding hydrogens is 434 g/mol. The van der Waals surface area contributed by atoms with Crippen molar-refractivity contribution in [1.82, 2.24) is 15.5 Å². The summed E-state index contributed by atoms with van der Waals surface area (Å²) in [6.07, 6.45) is -0.321. The van der Waals surface area contributed by atoms with Crippen molar-refractivity contribution in [2.75, 3.05) is 0 Å². The zero-order valence-corrected chi connectivity index (χ0v) is 22.4. The number of carbonyl (C=O) groups is 3. The topological polar surface area (TPSA) is 108 Å². The molecule has 34 heavy (non-hydrogen) atoms. The van der Waals surface area contributed by atoms with Crippen LogP contribution in [0.3, 0.4) is 0 Å². The minimum Gasteiger partial charge on any atom is -0.508 e. The molecule has 8 nitrogen and oxygen atoms in total. The lowest BCUT2D eigenvalue weighted by atomic mass is 9.97. The monoisotopic (exact) mass is 477 g/mol. The van der Waals surface area contributed by atoms with Crippen molar-refractivity contribution < 1.29 is 24.2 Å².